The van der Waals surface area contributed by atoms with Crippen molar-refractivity contribution < 1.29 is 13.2 Å². The highest BCUT2D eigenvalue weighted by molar-refractivity contribution is 5.54. The lowest BCUT2D eigenvalue weighted by Crippen LogP contribution is -2.49. The van der Waals surface area contributed by atoms with E-state index in [9.17, 15) is 13.2 Å². The number of alkyl halides is 3. The average Bonchev–Trinajstić information content (AvgIpc) is 2.96. The van der Waals surface area contributed by atoms with E-state index in [4.69, 9.17) is 0 Å². The van der Waals surface area contributed by atoms with Crippen LogP contribution in [0, 0.1) is 6.92 Å². The molecule has 2 heterocycles. The topological polar surface area (TPSA) is 6.48 Å². The highest BCUT2D eigenvalue weighted by Gasteiger charge is 2.44. The van der Waals surface area contributed by atoms with E-state index in [-0.39, 0.29) is 0 Å². The number of piperazine rings is 1. The van der Waals surface area contributed by atoms with Crippen molar-refractivity contribution in [2.24, 2.45) is 0 Å². The summed E-state index contributed by atoms with van der Waals surface area (Å²) in [6.45, 7) is 7.88. The van der Waals surface area contributed by atoms with Crippen molar-refractivity contribution in [2.45, 2.75) is 51.5 Å². The molecule has 2 saturated heterocycles. The molecular weight excluding hydrogens is 277 g/mol. The summed E-state index contributed by atoms with van der Waals surface area (Å²) in [7, 11) is 0. The molecule has 0 saturated carbocycles. The summed E-state index contributed by atoms with van der Waals surface area (Å²) in [5.41, 5.74) is 0.850. The summed E-state index contributed by atoms with van der Waals surface area (Å²) >= 11 is 0. The molecule has 0 amide bonds. The van der Waals surface area contributed by atoms with Crippen molar-refractivity contribution in [3.8, 4) is 0 Å². The molecule has 0 aromatic heterocycles. The maximum absolute atomic E-state index is 13.0. The number of likely N-dealkylation sites (tertiary alicyclic amines) is 1. The van der Waals surface area contributed by atoms with Gasteiger partial charge in [0.05, 0.1) is 5.56 Å². The van der Waals surface area contributed by atoms with Gasteiger partial charge in [0.1, 0.15) is 0 Å². The molecular formula is C16H21F3N2. The van der Waals surface area contributed by atoms with Crippen LogP contribution in [0.4, 0.5) is 18.9 Å². The van der Waals surface area contributed by atoms with E-state index in [0.717, 1.165) is 25.2 Å². The van der Waals surface area contributed by atoms with Gasteiger partial charge in [-0.1, -0.05) is 0 Å². The second-order valence-electron chi connectivity index (χ2n) is 6.54. The van der Waals surface area contributed by atoms with E-state index in [2.05, 4.69) is 23.6 Å². The molecule has 3 rings (SSSR count). The number of benzene rings is 1. The minimum absolute atomic E-state index is 0.347. The van der Waals surface area contributed by atoms with Crippen LogP contribution in [0.3, 0.4) is 0 Å². The first-order valence-corrected chi connectivity index (χ1v) is 7.47. The fourth-order valence-corrected chi connectivity index (χ4v) is 3.74. The Bertz CT molecular complexity index is 539. The predicted molar refractivity (Wildman–Crippen MR) is 77.6 cm³/mol. The summed E-state index contributed by atoms with van der Waals surface area (Å²) in [6.07, 6.45) is -3.21. The van der Waals surface area contributed by atoms with Crippen LogP contribution in [-0.4, -0.2) is 36.1 Å². The third kappa shape index (κ3) is 2.63. The summed E-state index contributed by atoms with van der Waals surface area (Å²) < 4.78 is 38.9. The van der Waals surface area contributed by atoms with E-state index >= 15 is 0 Å². The first kappa shape index (κ1) is 14.7. The maximum Gasteiger partial charge on any atom is 0.416 e. The highest BCUT2D eigenvalue weighted by atomic mass is 19.4. The molecule has 5 heteroatoms. The lowest BCUT2D eigenvalue weighted by atomic mass is 10.1. The third-order valence-electron chi connectivity index (χ3n) is 4.67. The Balaban J connectivity index is 1.85. The molecule has 2 fully saturated rings. The quantitative estimate of drug-likeness (QED) is 0.821. The van der Waals surface area contributed by atoms with Crippen molar-refractivity contribution in [3.63, 3.8) is 0 Å². The first-order chi connectivity index (χ1) is 9.75. The molecule has 1 aromatic carbocycles. The van der Waals surface area contributed by atoms with Crippen LogP contribution in [0.15, 0.2) is 18.2 Å². The summed E-state index contributed by atoms with van der Waals surface area (Å²) in [6, 6.07) is 5.72. The van der Waals surface area contributed by atoms with Gasteiger partial charge in [-0.05, 0) is 51.0 Å². The van der Waals surface area contributed by atoms with E-state index in [0.29, 0.717) is 23.7 Å². The zero-order valence-electron chi connectivity index (χ0n) is 12.6. The minimum Gasteiger partial charge on any atom is -0.366 e. The van der Waals surface area contributed by atoms with Crippen LogP contribution < -0.4 is 4.90 Å². The minimum atomic E-state index is -4.27. The van der Waals surface area contributed by atoms with Crippen LogP contribution in [-0.2, 0) is 6.18 Å². The molecule has 2 bridgehead atoms. The number of nitrogens with zero attached hydrogens (tertiary/aromatic N) is 2. The Hall–Kier alpha value is -1.23. The monoisotopic (exact) mass is 298 g/mol. The Kier molecular flexibility index (Phi) is 3.43. The average molecular weight is 298 g/mol. The summed E-state index contributed by atoms with van der Waals surface area (Å²) in [5.74, 6) is 0. The number of rotatable bonds is 2. The van der Waals surface area contributed by atoms with E-state index in [1.807, 2.05) is 6.07 Å². The molecule has 116 valence electrons. The Labute approximate surface area is 123 Å². The maximum atomic E-state index is 13.0. The normalized spacial score (nSPS) is 26.1. The molecule has 0 radical (unpaired) electrons. The van der Waals surface area contributed by atoms with Gasteiger partial charge in [0.15, 0.2) is 0 Å². The number of fused-ring (bicyclic) bond motifs is 2. The van der Waals surface area contributed by atoms with Crippen molar-refractivity contribution in [1.82, 2.24) is 4.90 Å². The van der Waals surface area contributed by atoms with Gasteiger partial charge in [-0.25, -0.2) is 0 Å². The van der Waals surface area contributed by atoms with Crippen LogP contribution in [0.2, 0.25) is 0 Å². The number of halogens is 3. The molecule has 0 N–H and O–H groups in total. The number of hydrogen-bond acceptors (Lipinski definition) is 2. The standard InChI is InChI=1S/C16H21F3N2/c1-10(2)20-8-15-7-14(20)9-21(15)13-5-11(3)4-12(6-13)16(17,18)19/h4-6,10,14-15H,7-9H2,1-3H3. The van der Waals surface area contributed by atoms with Crippen molar-refractivity contribution in [2.75, 3.05) is 18.0 Å². The van der Waals surface area contributed by atoms with E-state index in [1.54, 1.807) is 6.92 Å². The Morgan fingerprint density at radius 2 is 1.81 bits per heavy atom. The largest absolute Gasteiger partial charge is 0.416 e. The van der Waals surface area contributed by atoms with Gasteiger partial charge in [0.2, 0.25) is 0 Å². The van der Waals surface area contributed by atoms with E-state index < -0.39 is 11.7 Å². The van der Waals surface area contributed by atoms with Gasteiger partial charge in [-0.15, -0.1) is 0 Å². The number of hydrogen-bond donors (Lipinski definition) is 0. The Morgan fingerprint density at radius 1 is 1.10 bits per heavy atom. The lowest BCUT2D eigenvalue weighted by Gasteiger charge is -2.38. The SMILES string of the molecule is Cc1cc(N2CC3CC2CN3C(C)C)cc(C(F)(F)F)c1. The second kappa shape index (κ2) is 4.90. The van der Waals surface area contributed by atoms with Crippen molar-refractivity contribution in [3.05, 3.63) is 29.3 Å². The molecule has 0 aliphatic carbocycles. The zero-order chi connectivity index (χ0) is 15.4. The van der Waals surface area contributed by atoms with Crippen LogP contribution in [0.5, 0.6) is 0 Å². The van der Waals surface area contributed by atoms with Crippen LogP contribution >= 0.6 is 0 Å². The van der Waals surface area contributed by atoms with E-state index in [1.165, 1.54) is 12.1 Å². The molecule has 2 aliphatic heterocycles. The smallest absolute Gasteiger partial charge is 0.366 e. The molecule has 21 heavy (non-hydrogen) atoms. The van der Waals surface area contributed by atoms with Gasteiger partial charge in [0.25, 0.3) is 0 Å². The van der Waals surface area contributed by atoms with Crippen LogP contribution in [0.1, 0.15) is 31.4 Å². The zero-order valence-corrected chi connectivity index (χ0v) is 12.6. The third-order valence-corrected chi connectivity index (χ3v) is 4.67. The van der Waals surface area contributed by atoms with Crippen LogP contribution in [0.25, 0.3) is 0 Å². The van der Waals surface area contributed by atoms with Crippen molar-refractivity contribution in [1.29, 1.82) is 0 Å². The first-order valence-electron chi connectivity index (χ1n) is 7.47. The Morgan fingerprint density at radius 3 is 2.33 bits per heavy atom. The highest BCUT2D eigenvalue weighted by Crippen LogP contribution is 2.38. The fourth-order valence-electron chi connectivity index (χ4n) is 3.74. The summed E-state index contributed by atoms with van der Waals surface area (Å²) in [4.78, 5) is 4.62. The van der Waals surface area contributed by atoms with Gasteiger partial charge < -0.3 is 4.90 Å². The number of aryl methyl sites for hydroxylation is 1. The van der Waals surface area contributed by atoms with Gasteiger partial charge in [0, 0.05) is 36.9 Å². The van der Waals surface area contributed by atoms with Gasteiger partial charge >= 0.3 is 6.18 Å². The second-order valence-corrected chi connectivity index (χ2v) is 6.54. The summed E-state index contributed by atoms with van der Waals surface area (Å²) in [5, 5.41) is 0. The molecule has 2 atom stereocenters. The molecule has 2 unspecified atom stereocenters. The molecule has 0 spiro atoms. The number of anilines is 1. The molecule has 1 aromatic rings. The van der Waals surface area contributed by atoms with Gasteiger partial charge in [-0.2, -0.15) is 13.2 Å². The van der Waals surface area contributed by atoms with Gasteiger partial charge in [-0.3, -0.25) is 4.90 Å². The lowest BCUT2D eigenvalue weighted by molar-refractivity contribution is -0.137. The van der Waals surface area contributed by atoms with Crippen molar-refractivity contribution >= 4 is 5.69 Å². The molecule has 2 aliphatic rings. The predicted octanol–water partition coefficient (Wildman–Crippen LogP) is 3.69. The molecule has 2 nitrogen and oxygen atoms in total. The fraction of sp³-hybridized carbons (Fsp3) is 0.625.